The molecular formula is C16H22N2O. The molecule has 0 fully saturated rings. The highest BCUT2D eigenvalue weighted by atomic mass is 16.3. The molecule has 3 heteroatoms. The second kappa shape index (κ2) is 6.64. The van der Waals surface area contributed by atoms with Gasteiger partial charge in [0, 0.05) is 37.0 Å². The van der Waals surface area contributed by atoms with E-state index in [2.05, 4.69) is 42.3 Å². The van der Waals surface area contributed by atoms with Gasteiger partial charge in [-0.3, -0.25) is 4.98 Å². The van der Waals surface area contributed by atoms with Crippen LogP contribution in [0.5, 0.6) is 0 Å². The molecule has 0 bridgehead atoms. The Morgan fingerprint density at radius 1 is 1.21 bits per heavy atom. The van der Waals surface area contributed by atoms with Crippen molar-refractivity contribution in [2.75, 3.05) is 6.61 Å². The molecule has 1 unspecified atom stereocenters. The minimum atomic E-state index is 0.226. The van der Waals surface area contributed by atoms with Crippen LogP contribution in [0.15, 0.2) is 36.7 Å². The normalized spacial score (nSPS) is 13.1. The summed E-state index contributed by atoms with van der Waals surface area (Å²) in [5.74, 6) is 0.509. The van der Waals surface area contributed by atoms with E-state index in [-0.39, 0.29) is 6.61 Å². The van der Waals surface area contributed by atoms with Crippen LogP contribution in [0.25, 0.3) is 10.8 Å². The van der Waals surface area contributed by atoms with Gasteiger partial charge in [0.15, 0.2) is 0 Å². The predicted molar refractivity (Wildman–Crippen MR) is 78.9 cm³/mol. The zero-order valence-electron chi connectivity index (χ0n) is 11.6. The number of aliphatic hydroxyl groups excluding tert-OH is 1. The van der Waals surface area contributed by atoms with Crippen molar-refractivity contribution < 1.29 is 5.11 Å². The molecule has 3 nitrogen and oxygen atoms in total. The van der Waals surface area contributed by atoms with Gasteiger partial charge < -0.3 is 10.4 Å². The first-order valence-corrected chi connectivity index (χ1v) is 6.88. The van der Waals surface area contributed by atoms with Gasteiger partial charge in [0.2, 0.25) is 0 Å². The third kappa shape index (κ3) is 3.52. The first kappa shape index (κ1) is 14.0. The summed E-state index contributed by atoms with van der Waals surface area (Å²) in [6.07, 6.45) is 4.61. The lowest BCUT2D eigenvalue weighted by molar-refractivity contribution is 0.244. The van der Waals surface area contributed by atoms with Crippen LogP contribution in [-0.2, 0) is 6.54 Å². The summed E-state index contributed by atoms with van der Waals surface area (Å²) in [7, 11) is 0. The third-order valence-electron chi connectivity index (χ3n) is 3.55. The highest BCUT2D eigenvalue weighted by molar-refractivity contribution is 5.84. The maximum absolute atomic E-state index is 9.10. The molecule has 0 saturated carbocycles. The second-order valence-electron chi connectivity index (χ2n) is 5.26. The fraction of sp³-hybridized carbons (Fsp3) is 0.438. The lowest BCUT2D eigenvalue weighted by Crippen LogP contribution is -2.34. The average Bonchev–Trinajstić information content (AvgIpc) is 2.43. The van der Waals surface area contributed by atoms with Crippen LogP contribution in [-0.4, -0.2) is 22.7 Å². The van der Waals surface area contributed by atoms with E-state index >= 15 is 0 Å². The molecule has 1 atom stereocenters. The van der Waals surface area contributed by atoms with Crippen molar-refractivity contribution in [3.05, 3.63) is 42.2 Å². The summed E-state index contributed by atoms with van der Waals surface area (Å²) in [6, 6.07) is 8.64. The molecule has 0 radical (unpaired) electrons. The van der Waals surface area contributed by atoms with E-state index in [0.717, 1.165) is 13.0 Å². The summed E-state index contributed by atoms with van der Waals surface area (Å²) in [6.45, 7) is 5.37. The smallest absolute Gasteiger partial charge is 0.0445 e. The molecule has 0 aliphatic carbocycles. The van der Waals surface area contributed by atoms with Gasteiger partial charge in [-0.25, -0.2) is 0 Å². The third-order valence-corrected chi connectivity index (χ3v) is 3.55. The van der Waals surface area contributed by atoms with Crippen molar-refractivity contribution >= 4 is 10.8 Å². The highest BCUT2D eigenvalue weighted by Gasteiger charge is 2.12. The number of rotatable bonds is 6. The predicted octanol–water partition coefficient (Wildman–Crippen LogP) is 2.73. The van der Waals surface area contributed by atoms with E-state index in [0.29, 0.717) is 12.0 Å². The highest BCUT2D eigenvalue weighted by Crippen LogP contribution is 2.17. The number of hydrogen-bond acceptors (Lipinski definition) is 3. The number of aromatic nitrogens is 1. The first-order chi connectivity index (χ1) is 9.22. The summed E-state index contributed by atoms with van der Waals surface area (Å²) in [5.41, 5.74) is 1.21. The molecule has 1 aromatic heterocycles. The molecule has 0 amide bonds. The van der Waals surface area contributed by atoms with Crippen molar-refractivity contribution in [1.82, 2.24) is 10.3 Å². The maximum atomic E-state index is 9.10. The van der Waals surface area contributed by atoms with Crippen molar-refractivity contribution in [2.24, 2.45) is 5.92 Å². The minimum absolute atomic E-state index is 0.226. The standard InChI is InChI=1S/C16H22N2O/c1-12(2)16(7-8-19)18-11-14-10-17-9-13-5-3-4-6-15(13)14/h3-6,9-10,12,16,18-19H,7-8,11H2,1-2H3. The van der Waals surface area contributed by atoms with Gasteiger partial charge in [-0.05, 0) is 23.3 Å². The molecule has 0 saturated heterocycles. The Bertz CT molecular complexity index is 520. The fourth-order valence-electron chi connectivity index (χ4n) is 2.37. The average molecular weight is 258 g/mol. The van der Waals surface area contributed by atoms with Gasteiger partial charge >= 0.3 is 0 Å². The Morgan fingerprint density at radius 3 is 2.74 bits per heavy atom. The van der Waals surface area contributed by atoms with Gasteiger partial charge in [0.25, 0.3) is 0 Å². The molecule has 0 aliphatic heterocycles. The Kier molecular flexibility index (Phi) is 4.88. The van der Waals surface area contributed by atoms with Crippen molar-refractivity contribution in [3.63, 3.8) is 0 Å². The van der Waals surface area contributed by atoms with Gasteiger partial charge in [-0.1, -0.05) is 38.1 Å². The van der Waals surface area contributed by atoms with Crippen LogP contribution in [0.4, 0.5) is 0 Å². The zero-order valence-corrected chi connectivity index (χ0v) is 11.6. The largest absolute Gasteiger partial charge is 0.396 e. The molecule has 1 aromatic carbocycles. The molecule has 2 N–H and O–H groups in total. The van der Waals surface area contributed by atoms with E-state index in [1.165, 1.54) is 16.3 Å². The number of fused-ring (bicyclic) bond motifs is 1. The molecule has 2 rings (SSSR count). The van der Waals surface area contributed by atoms with E-state index in [1.54, 1.807) is 0 Å². The summed E-state index contributed by atoms with van der Waals surface area (Å²) in [5, 5.41) is 15.0. The van der Waals surface area contributed by atoms with Crippen molar-refractivity contribution in [1.29, 1.82) is 0 Å². The molecule has 102 valence electrons. The monoisotopic (exact) mass is 258 g/mol. The molecule has 2 aromatic rings. The van der Waals surface area contributed by atoms with E-state index in [1.807, 2.05) is 18.5 Å². The van der Waals surface area contributed by atoms with Gasteiger partial charge in [0.05, 0.1) is 0 Å². The maximum Gasteiger partial charge on any atom is 0.0445 e. The Balaban J connectivity index is 2.13. The Hall–Kier alpha value is -1.45. The summed E-state index contributed by atoms with van der Waals surface area (Å²) >= 11 is 0. The fourth-order valence-corrected chi connectivity index (χ4v) is 2.37. The number of hydrogen-bond donors (Lipinski definition) is 2. The van der Waals surface area contributed by atoms with Crippen molar-refractivity contribution in [3.8, 4) is 0 Å². The molecule has 1 heterocycles. The number of nitrogens with zero attached hydrogens (tertiary/aromatic N) is 1. The van der Waals surface area contributed by atoms with Crippen LogP contribution in [0.1, 0.15) is 25.8 Å². The van der Waals surface area contributed by atoms with Gasteiger partial charge in [-0.2, -0.15) is 0 Å². The van der Waals surface area contributed by atoms with Gasteiger partial charge in [-0.15, -0.1) is 0 Å². The molecule has 19 heavy (non-hydrogen) atoms. The minimum Gasteiger partial charge on any atom is -0.396 e. The Morgan fingerprint density at radius 2 is 2.00 bits per heavy atom. The van der Waals surface area contributed by atoms with Crippen molar-refractivity contribution in [2.45, 2.75) is 32.9 Å². The summed E-state index contributed by atoms with van der Waals surface area (Å²) in [4.78, 5) is 4.29. The zero-order chi connectivity index (χ0) is 13.7. The lowest BCUT2D eigenvalue weighted by Gasteiger charge is -2.22. The quantitative estimate of drug-likeness (QED) is 0.837. The molecule has 0 aliphatic rings. The molecule has 0 spiro atoms. The first-order valence-electron chi connectivity index (χ1n) is 6.88. The number of aliphatic hydroxyl groups is 1. The number of pyridine rings is 1. The topological polar surface area (TPSA) is 45.1 Å². The van der Waals surface area contributed by atoms with E-state index in [4.69, 9.17) is 5.11 Å². The second-order valence-corrected chi connectivity index (χ2v) is 5.26. The van der Waals surface area contributed by atoms with Crippen LogP contribution in [0.3, 0.4) is 0 Å². The van der Waals surface area contributed by atoms with Crippen LogP contribution < -0.4 is 5.32 Å². The van der Waals surface area contributed by atoms with Crippen LogP contribution in [0, 0.1) is 5.92 Å². The Labute approximate surface area is 114 Å². The van der Waals surface area contributed by atoms with Crippen LogP contribution >= 0.6 is 0 Å². The number of benzene rings is 1. The van der Waals surface area contributed by atoms with Crippen LogP contribution in [0.2, 0.25) is 0 Å². The lowest BCUT2D eigenvalue weighted by atomic mass is 10.0. The molecular weight excluding hydrogens is 236 g/mol. The van der Waals surface area contributed by atoms with E-state index < -0.39 is 0 Å². The van der Waals surface area contributed by atoms with E-state index in [9.17, 15) is 0 Å². The SMILES string of the molecule is CC(C)C(CCO)NCc1cncc2ccccc12. The summed E-state index contributed by atoms with van der Waals surface area (Å²) < 4.78 is 0. The number of nitrogens with one attached hydrogen (secondary N) is 1. The van der Waals surface area contributed by atoms with Gasteiger partial charge in [0.1, 0.15) is 0 Å².